The normalized spacial score (nSPS) is 13.2. The Morgan fingerprint density at radius 2 is 1.50 bits per heavy atom. The van der Waals surface area contributed by atoms with Gasteiger partial charge in [0, 0.05) is 0 Å². The van der Waals surface area contributed by atoms with Gasteiger partial charge in [0.15, 0.2) is 4.87 Å². The van der Waals surface area contributed by atoms with Crippen LogP contribution in [-0.4, -0.2) is 24.3 Å². The third-order valence-corrected chi connectivity index (χ3v) is 3.54. The lowest BCUT2D eigenvalue weighted by molar-refractivity contribution is -0.139. The van der Waals surface area contributed by atoms with Gasteiger partial charge < -0.3 is 14.6 Å². The second-order valence-electron chi connectivity index (χ2n) is 4.84. The molecule has 0 aliphatic rings. The first-order chi connectivity index (χ1) is 10.5. The minimum atomic E-state index is -1.44. The van der Waals surface area contributed by atoms with Crippen molar-refractivity contribution < 1.29 is 19.4 Å². The van der Waals surface area contributed by atoms with Crippen molar-refractivity contribution in [2.45, 2.75) is 11.8 Å². The minimum absolute atomic E-state index is 0.394. The summed E-state index contributed by atoms with van der Waals surface area (Å²) in [6.45, 7) is 2.26. The largest absolute Gasteiger partial charge is 0.490 e. The van der Waals surface area contributed by atoms with Crippen LogP contribution in [0.25, 0.3) is 0 Å². The van der Waals surface area contributed by atoms with Crippen molar-refractivity contribution >= 4 is 17.6 Å². The summed E-state index contributed by atoms with van der Waals surface area (Å²) in [4.78, 5) is 9.64. The SMILES string of the molecule is CC(Cl)(C(=O)O)c1ccc(OCCOc2ccccc2)cc1. The Morgan fingerprint density at radius 1 is 1.00 bits per heavy atom. The van der Waals surface area contributed by atoms with Gasteiger partial charge in [-0.25, -0.2) is 4.79 Å². The number of alkyl halides is 1. The Bertz CT molecular complexity index is 608. The molecule has 1 N–H and O–H groups in total. The van der Waals surface area contributed by atoms with Gasteiger partial charge in [-0.1, -0.05) is 30.3 Å². The molecule has 0 spiro atoms. The molecule has 0 amide bonds. The highest BCUT2D eigenvalue weighted by molar-refractivity contribution is 6.33. The van der Waals surface area contributed by atoms with Gasteiger partial charge in [0.1, 0.15) is 24.7 Å². The lowest BCUT2D eigenvalue weighted by atomic mass is 10.0. The molecule has 2 rings (SSSR count). The molecule has 0 aliphatic carbocycles. The predicted octanol–water partition coefficient (Wildman–Crippen LogP) is 3.68. The van der Waals surface area contributed by atoms with Crippen molar-refractivity contribution in [2.24, 2.45) is 0 Å². The van der Waals surface area contributed by atoms with Gasteiger partial charge in [-0.2, -0.15) is 0 Å². The molecule has 22 heavy (non-hydrogen) atoms. The number of hydrogen-bond acceptors (Lipinski definition) is 3. The second-order valence-corrected chi connectivity index (χ2v) is 5.60. The van der Waals surface area contributed by atoms with Crippen LogP contribution in [0.5, 0.6) is 11.5 Å². The number of rotatable bonds is 7. The third-order valence-electron chi connectivity index (χ3n) is 3.16. The number of halogens is 1. The van der Waals surface area contributed by atoms with E-state index in [0.29, 0.717) is 24.5 Å². The molecule has 0 heterocycles. The van der Waals surface area contributed by atoms with Crippen molar-refractivity contribution in [3.63, 3.8) is 0 Å². The summed E-state index contributed by atoms with van der Waals surface area (Å²) in [7, 11) is 0. The second kappa shape index (κ2) is 7.18. The van der Waals surface area contributed by atoms with E-state index < -0.39 is 10.8 Å². The van der Waals surface area contributed by atoms with E-state index in [9.17, 15) is 4.79 Å². The van der Waals surface area contributed by atoms with Crippen molar-refractivity contribution in [2.75, 3.05) is 13.2 Å². The average Bonchev–Trinajstić information content (AvgIpc) is 2.53. The number of carboxylic acids is 1. The first-order valence-corrected chi connectivity index (χ1v) is 7.21. The smallest absolute Gasteiger partial charge is 0.329 e. The first kappa shape index (κ1) is 16.2. The maximum Gasteiger partial charge on any atom is 0.329 e. The van der Waals surface area contributed by atoms with Crippen LogP contribution in [0.2, 0.25) is 0 Å². The van der Waals surface area contributed by atoms with Crippen LogP contribution < -0.4 is 9.47 Å². The van der Waals surface area contributed by atoms with Crippen molar-refractivity contribution in [1.29, 1.82) is 0 Å². The van der Waals surface area contributed by atoms with Gasteiger partial charge in [0.25, 0.3) is 0 Å². The zero-order chi connectivity index (χ0) is 16.0. The van der Waals surface area contributed by atoms with Crippen LogP contribution in [0.4, 0.5) is 0 Å². The summed E-state index contributed by atoms with van der Waals surface area (Å²) in [6, 6.07) is 16.2. The summed E-state index contributed by atoms with van der Waals surface area (Å²) in [5.74, 6) is 0.346. The Labute approximate surface area is 134 Å². The van der Waals surface area contributed by atoms with Crippen LogP contribution >= 0.6 is 11.6 Å². The molecule has 0 saturated carbocycles. The standard InChI is InChI=1S/C17H17ClO4/c1-17(18,16(19)20)13-7-9-15(10-8-13)22-12-11-21-14-5-3-2-4-6-14/h2-10H,11-12H2,1H3,(H,19,20). The molecule has 0 radical (unpaired) electrons. The molecule has 2 aromatic carbocycles. The fraction of sp³-hybridized carbons (Fsp3) is 0.235. The van der Waals surface area contributed by atoms with E-state index in [-0.39, 0.29) is 0 Å². The number of ether oxygens (including phenoxy) is 2. The molecule has 2 aromatic rings. The number of aliphatic carboxylic acids is 1. The minimum Gasteiger partial charge on any atom is -0.490 e. The van der Waals surface area contributed by atoms with Crippen molar-refractivity contribution in [3.8, 4) is 11.5 Å². The van der Waals surface area contributed by atoms with Gasteiger partial charge in [-0.15, -0.1) is 11.6 Å². The summed E-state index contributed by atoms with van der Waals surface area (Å²) in [6.07, 6.45) is 0. The van der Waals surface area contributed by atoms with Gasteiger partial charge in [-0.3, -0.25) is 0 Å². The van der Waals surface area contributed by atoms with E-state index in [1.54, 1.807) is 24.3 Å². The molecule has 0 saturated heterocycles. The van der Waals surface area contributed by atoms with Crippen molar-refractivity contribution in [1.82, 2.24) is 0 Å². The van der Waals surface area contributed by atoms with Gasteiger partial charge in [0.2, 0.25) is 0 Å². The Kier molecular flexibility index (Phi) is 5.28. The number of hydrogen-bond donors (Lipinski definition) is 1. The average molecular weight is 321 g/mol. The Morgan fingerprint density at radius 3 is 2.00 bits per heavy atom. The number of benzene rings is 2. The van der Waals surface area contributed by atoms with E-state index in [2.05, 4.69) is 0 Å². The van der Waals surface area contributed by atoms with Crippen LogP contribution in [0.15, 0.2) is 54.6 Å². The fourth-order valence-electron chi connectivity index (χ4n) is 1.82. The van der Waals surface area contributed by atoms with E-state index in [1.165, 1.54) is 6.92 Å². The molecule has 116 valence electrons. The van der Waals surface area contributed by atoms with E-state index in [1.807, 2.05) is 30.3 Å². The predicted molar refractivity (Wildman–Crippen MR) is 84.7 cm³/mol. The van der Waals surface area contributed by atoms with E-state index >= 15 is 0 Å². The van der Waals surface area contributed by atoms with E-state index in [4.69, 9.17) is 26.2 Å². The topological polar surface area (TPSA) is 55.8 Å². The summed E-state index contributed by atoms with van der Waals surface area (Å²) >= 11 is 5.98. The lowest BCUT2D eigenvalue weighted by Crippen LogP contribution is -2.25. The molecule has 0 aromatic heterocycles. The van der Waals surface area contributed by atoms with Gasteiger partial charge in [0.05, 0.1) is 0 Å². The molecule has 0 aliphatic heterocycles. The molecule has 5 heteroatoms. The number of carboxylic acid groups (broad SMARTS) is 1. The maximum atomic E-state index is 11.1. The maximum absolute atomic E-state index is 11.1. The molecular formula is C17H17ClO4. The third kappa shape index (κ3) is 4.15. The van der Waals surface area contributed by atoms with E-state index in [0.717, 1.165) is 5.75 Å². The fourth-order valence-corrected chi connectivity index (χ4v) is 1.95. The van der Waals surface area contributed by atoms with Crippen LogP contribution in [0.3, 0.4) is 0 Å². The highest BCUT2D eigenvalue weighted by atomic mass is 35.5. The summed E-state index contributed by atoms with van der Waals surface area (Å²) in [5.41, 5.74) is 0.509. The molecule has 0 fully saturated rings. The summed E-state index contributed by atoms with van der Waals surface area (Å²) < 4.78 is 11.1. The van der Waals surface area contributed by atoms with Crippen LogP contribution in [-0.2, 0) is 9.67 Å². The number of carbonyl (C=O) groups is 1. The molecule has 1 atom stereocenters. The Hall–Kier alpha value is -2.20. The first-order valence-electron chi connectivity index (χ1n) is 6.83. The van der Waals surface area contributed by atoms with Crippen LogP contribution in [0, 0.1) is 0 Å². The number of para-hydroxylation sites is 1. The highest BCUT2D eigenvalue weighted by Gasteiger charge is 2.32. The van der Waals surface area contributed by atoms with Gasteiger partial charge >= 0.3 is 5.97 Å². The van der Waals surface area contributed by atoms with Crippen LogP contribution in [0.1, 0.15) is 12.5 Å². The van der Waals surface area contributed by atoms with Crippen molar-refractivity contribution in [3.05, 3.63) is 60.2 Å². The summed E-state index contributed by atoms with van der Waals surface area (Å²) in [5, 5.41) is 9.07. The highest BCUT2D eigenvalue weighted by Crippen LogP contribution is 2.30. The zero-order valence-corrected chi connectivity index (χ0v) is 12.9. The van der Waals surface area contributed by atoms with Gasteiger partial charge in [-0.05, 0) is 36.8 Å². The molecule has 1 unspecified atom stereocenters. The quantitative estimate of drug-likeness (QED) is 0.624. The molecule has 0 bridgehead atoms. The Balaban J connectivity index is 1.83. The molecular weight excluding hydrogens is 304 g/mol. The zero-order valence-electron chi connectivity index (χ0n) is 12.2. The molecule has 4 nitrogen and oxygen atoms in total. The lowest BCUT2D eigenvalue weighted by Gasteiger charge is -2.17. The monoisotopic (exact) mass is 320 g/mol.